The maximum Gasteiger partial charge on any atom is 0.0594 e. The topological polar surface area (TPSA) is 15.7 Å². The summed E-state index contributed by atoms with van der Waals surface area (Å²) < 4.78 is 5.43. The van der Waals surface area contributed by atoms with E-state index >= 15 is 0 Å². The van der Waals surface area contributed by atoms with Crippen molar-refractivity contribution in [2.24, 2.45) is 0 Å². The molecule has 2 heterocycles. The van der Waals surface area contributed by atoms with Crippen LogP contribution in [0.2, 0.25) is 0 Å². The molecule has 1 aromatic rings. The first-order valence-corrected chi connectivity index (χ1v) is 8.00. The van der Waals surface area contributed by atoms with Gasteiger partial charge in [0.15, 0.2) is 0 Å². The van der Waals surface area contributed by atoms with Gasteiger partial charge < -0.3 is 4.74 Å². The lowest BCUT2D eigenvalue weighted by atomic mass is 10.2. The fraction of sp³-hybridized carbons (Fsp3) is 0.647. The lowest BCUT2D eigenvalue weighted by Gasteiger charge is -2.32. The van der Waals surface area contributed by atoms with Crippen LogP contribution in [0.5, 0.6) is 0 Å². The first kappa shape index (κ1) is 15.5. The fourth-order valence-corrected chi connectivity index (χ4v) is 3.04. The van der Waals surface area contributed by atoms with E-state index in [0.717, 1.165) is 38.9 Å². The molecule has 0 N–H and O–H groups in total. The van der Waals surface area contributed by atoms with E-state index in [1.807, 2.05) is 13.8 Å². The number of nitrogens with zero attached hydrogens (tertiary/aromatic N) is 2. The Balaban J connectivity index is 0.000000704. The molecule has 1 atom stereocenters. The van der Waals surface area contributed by atoms with Crippen molar-refractivity contribution >= 4 is 0 Å². The zero-order valence-electron chi connectivity index (χ0n) is 12.9. The zero-order chi connectivity index (χ0) is 14.2. The average molecular weight is 276 g/mol. The minimum Gasteiger partial charge on any atom is -0.379 e. The van der Waals surface area contributed by atoms with E-state index in [-0.39, 0.29) is 0 Å². The van der Waals surface area contributed by atoms with E-state index in [4.69, 9.17) is 4.74 Å². The van der Waals surface area contributed by atoms with Gasteiger partial charge in [0, 0.05) is 38.8 Å². The number of ether oxygens (including phenoxy) is 1. The normalized spacial score (nSPS) is 24.2. The molecule has 3 nitrogen and oxygen atoms in total. The van der Waals surface area contributed by atoms with E-state index in [1.54, 1.807) is 0 Å². The highest BCUT2D eigenvalue weighted by Gasteiger charge is 2.28. The Hall–Kier alpha value is -0.900. The van der Waals surface area contributed by atoms with E-state index < -0.39 is 0 Å². The number of hydrogen-bond acceptors (Lipinski definition) is 3. The summed E-state index contributed by atoms with van der Waals surface area (Å²) in [5, 5.41) is 0. The third kappa shape index (κ3) is 4.30. The molecule has 3 rings (SSSR count). The molecule has 0 unspecified atom stereocenters. The highest BCUT2D eigenvalue weighted by molar-refractivity contribution is 5.14. The molecule has 2 fully saturated rings. The number of hydrogen-bond donors (Lipinski definition) is 0. The second-order valence-corrected chi connectivity index (χ2v) is 5.31. The second kappa shape index (κ2) is 8.40. The Kier molecular flexibility index (Phi) is 6.51. The molecular weight excluding hydrogens is 248 g/mol. The summed E-state index contributed by atoms with van der Waals surface area (Å²) in [6.07, 6.45) is 1.31. The summed E-state index contributed by atoms with van der Waals surface area (Å²) in [4.78, 5) is 5.18. The fourth-order valence-electron chi connectivity index (χ4n) is 3.04. The first-order chi connectivity index (χ1) is 9.92. The molecule has 0 aromatic heterocycles. The molecule has 20 heavy (non-hydrogen) atoms. The van der Waals surface area contributed by atoms with Crippen molar-refractivity contribution in [2.75, 3.05) is 39.4 Å². The van der Waals surface area contributed by atoms with Crippen LogP contribution in [0.3, 0.4) is 0 Å². The molecule has 0 bridgehead atoms. The van der Waals surface area contributed by atoms with Crippen LogP contribution in [-0.2, 0) is 11.3 Å². The van der Waals surface area contributed by atoms with E-state index in [9.17, 15) is 0 Å². The summed E-state index contributed by atoms with van der Waals surface area (Å²) in [5.74, 6) is 0. The van der Waals surface area contributed by atoms with Gasteiger partial charge >= 0.3 is 0 Å². The van der Waals surface area contributed by atoms with Crippen LogP contribution >= 0.6 is 0 Å². The van der Waals surface area contributed by atoms with Gasteiger partial charge in [-0.15, -0.1) is 0 Å². The summed E-state index contributed by atoms with van der Waals surface area (Å²) in [6, 6.07) is 11.5. The number of rotatable bonds is 3. The lowest BCUT2D eigenvalue weighted by molar-refractivity contribution is 0.0184. The Morgan fingerprint density at radius 2 is 1.75 bits per heavy atom. The van der Waals surface area contributed by atoms with Crippen molar-refractivity contribution in [3.63, 3.8) is 0 Å². The Bertz CT molecular complexity index is 363. The first-order valence-electron chi connectivity index (χ1n) is 8.00. The molecule has 3 heteroatoms. The molecule has 2 saturated heterocycles. The van der Waals surface area contributed by atoms with Gasteiger partial charge in [0.25, 0.3) is 0 Å². The summed E-state index contributed by atoms with van der Waals surface area (Å²) in [7, 11) is 0. The minimum absolute atomic E-state index is 0.748. The molecule has 2 aliphatic rings. The summed E-state index contributed by atoms with van der Waals surface area (Å²) in [6.45, 7) is 11.6. The van der Waals surface area contributed by atoms with Crippen LogP contribution in [0, 0.1) is 0 Å². The number of likely N-dealkylation sites (tertiary alicyclic amines) is 1. The van der Waals surface area contributed by atoms with Gasteiger partial charge in [-0.25, -0.2) is 0 Å². The van der Waals surface area contributed by atoms with Crippen molar-refractivity contribution in [1.82, 2.24) is 9.80 Å². The molecule has 2 aliphatic heterocycles. The van der Waals surface area contributed by atoms with Crippen molar-refractivity contribution < 1.29 is 4.74 Å². The predicted octanol–water partition coefficient (Wildman–Crippen LogP) is 2.62. The van der Waals surface area contributed by atoms with Gasteiger partial charge in [-0.3, -0.25) is 9.80 Å². The third-order valence-corrected chi connectivity index (χ3v) is 4.06. The van der Waals surface area contributed by atoms with Crippen molar-refractivity contribution in [2.45, 2.75) is 32.9 Å². The zero-order valence-corrected chi connectivity index (χ0v) is 12.9. The average Bonchev–Trinajstić information content (AvgIpc) is 3.00. The lowest BCUT2D eigenvalue weighted by Crippen LogP contribution is -2.44. The van der Waals surface area contributed by atoms with Gasteiger partial charge in [0.2, 0.25) is 0 Å². The van der Waals surface area contributed by atoms with Crippen LogP contribution in [0.25, 0.3) is 0 Å². The Morgan fingerprint density at radius 1 is 1.05 bits per heavy atom. The molecule has 0 radical (unpaired) electrons. The van der Waals surface area contributed by atoms with Crippen molar-refractivity contribution in [3.05, 3.63) is 35.9 Å². The predicted molar refractivity (Wildman–Crippen MR) is 83.9 cm³/mol. The maximum absolute atomic E-state index is 5.43. The molecule has 0 spiro atoms. The van der Waals surface area contributed by atoms with Gasteiger partial charge in [0.1, 0.15) is 0 Å². The molecular formula is C17H28N2O. The molecule has 0 aliphatic carbocycles. The monoisotopic (exact) mass is 276 g/mol. The van der Waals surface area contributed by atoms with E-state index in [2.05, 4.69) is 40.1 Å². The van der Waals surface area contributed by atoms with Crippen LogP contribution < -0.4 is 0 Å². The number of benzene rings is 1. The highest BCUT2D eigenvalue weighted by Crippen LogP contribution is 2.18. The van der Waals surface area contributed by atoms with Crippen molar-refractivity contribution in [3.8, 4) is 0 Å². The standard InChI is InChI=1S/C15H22N2O.C2H6/c1-2-4-14(5-3-1)12-16-7-6-15(13-16)17-8-10-18-11-9-17;1-2/h1-5,15H,6-13H2;1-2H3/t15-;/m1./s1. The summed E-state index contributed by atoms with van der Waals surface area (Å²) in [5.41, 5.74) is 1.43. The van der Waals surface area contributed by atoms with Crippen molar-refractivity contribution in [1.29, 1.82) is 0 Å². The van der Waals surface area contributed by atoms with E-state index in [0.29, 0.717) is 0 Å². The van der Waals surface area contributed by atoms with Gasteiger partial charge in [-0.2, -0.15) is 0 Å². The Labute approximate surface area is 123 Å². The maximum atomic E-state index is 5.43. The van der Waals surface area contributed by atoms with Crippen LogP contribution in [0.4, 0.5) is 0 Å². The molecule has 112 valence electrons. The van der Waals surface area contributed by atoms with E-state index in [1.165, 1.54) is 25.1 Å². The SMILES string of the molecule is CC.c1ccc(CN2CC[C@@H](N3CCOCC3)C2)cc1. The van der Waals surface area contributed by atoms with Crippen LogP contribution in [0.1, 0.15) is 25.8 Å². The second-order valence-electron chi connectivity index (χ2n) is 5.31. The number of morpholine rings is 1. The minimum atomic E-state index is 0.748. The summed E-state index contributed by atoms with van der Waals surface area (Å²) >= 11 is 0. The van der Waals surface area contributed by atoms with Gasteiger partial charge in [-0.1, -0.05) is 44.2 Å². The molecule has 0 saturated carbocycles. The third-order valence-electron chi connectivity index (χ3n) is 4.06. The Morgan fingerprint density at radius 3 is 2.45 bits per heavy atom. The quantitative estimate of drug-likeness (QED) is 0.844. The van der Waals surface area contributed by atoms with Gasteiger partial charge in [0.05, 0.1) is 13.2 Å². The largest absolute Gasteiger partial charge is 0.379 e. The highest BCUT2D eigenvalue weighted by atomic mass is 16.5. The molecule has 0 amide bonds. The van der Waals surface area contributed by atoms with Crippen LogP contribution in [-0.4, -0.2) is 55.2 Å². The van der Waals surface area contributed by atoms with Gasteiger partial charge in [-0.05, 0) is 12.0 Å². The smallest absolute Gasteiger partial charge is 0.0594 e. The molecule has 1 aromatic carbocycles. The van der Waals surface area contributed by atoms with Crippen LogP contribution in [0.15, 0.2) is 30.3 Å².